The molecule has 0 rings (SSSR count). The summed E-state index contributed by atoms with van der Waals surface area (Å²) in [6, 6.07) is 0. The molecule has 44 valence electrons. The van der Waals surface area contributed by atoms with Crippen LogP contribution in [0.3, 0.4) is 0 Å². The number of hydrogen-bond acceptors (Lipinski definition) is 3. The van der Waals surface area contributed by atoms with E-state index in [0.29, 0.717) is 0 Å². The van der Waals surface area contributed by atoms with Crippen molar-refractivity contribution in [3.8, 4) is 0 Å². The van der Waals surface area contributed by atoms with E-state index in [4.69, 9.17) is 10.2 Å². The molecule has 0 amide bonds. The summed E-state index contributed by atoms with van der Waals surface area (Å²) in [7, 11) is 0. The standard InChI is InChI=1S/C3H6O4.Na.H/c4-1-2-7-3(5)6;;/h4H,1-2H2,(H,5,6);;/q;+1;-1. The number of carboxylic acid groups (broad SMARTS) is 1. The molecule has 0 aliphatic carbocycles. The minimum Gasteiger partial charge on any atom is -1.00 e. The fourth-order valence-electron chi connectivity index (χ4n) is 0.133. The Kier molecular flexibility index (Phi) is 10.0. The summed E-state index contributed by atoms with van der Waals surface area (Å²) in [5.74, 6) is 0. The van der Waals surface area contributed by atoms with Gasteiger partial charge in [-0.1, -0.05) is 0 Å². The van der Waals surface area contributed by atoms with Crippen LogP contribution >= 0.6 is 0 Å². The first-order valence-corrected chi connectivity index (χ1v) is 1.74. The molecule has 4 nitrogen and oxygen atoms in total. The van der Waals surface area contributed by atoms with Crippen molar-refractivity contribution in [2.75, 3.05) is 13.2 Å². The monoisotopic (exact) mass is 130 g/mol. The largest absolute Gasteiger partial charge is 1.00 e. The van der Waals surface area contributed by atoms with Crippen molar-refractivity contribution in [2.24, 2.45) is 0 Å². The molecule has 0 unspecified atom stereocenters. The van der Waals surface area contributed by atoms with Crippen molar-refractivity contribution in [2.45, 2.75) is 0 Å². The van der Waals surface area contributed by atoms with Gasteiger partial charge in [0.2, 0.25) is 0 Å². The maximum absolute atomic E-state index is 9.42. The summed E-state index contributed by atoms with van der Waals surface area (Å²) in [4.78, 5) is 9.42. The number of ether oxygens (including phenoxy) is 1. The van der Waals surface area contributed by atoms with Crippen molar-refractivity contribution in [1.82, 2.24) is 0 Å². The smallest absolute Gasteiger partial charge is 1.00 e. The number of aliphatic hydroxyl groups excluding tert-OH is 1. The number of aliphatic hydroxyl groups is 1. The normalized spacial score (nSPS) is 7.12. The molecule has 0 heterocycles. The van der Waals surface area contributed by atoms with Gasteiger partial charge in [0, 0.05) is 0 Å². The fourth-order valence-corrected chi connectivity index (χ4v) is 0.133. The Morgan fingerprint density at radius 2 is 2.25 bits per heavy atom. The Labute approximate surface area is 70.2 Å². The van der Waals surface area contributed by atoms with Crippen LogP contribution in [0, 0.1) is 0 Å². The molecule has 0 atom stereocenters. The zero-order chi connectivity index (χ0) is 5.70. The average molecular weight is 130 g/mol. The molecule has 0 fully saturated rings. The Hall–Kier alpha value is 0.230. The van der Waals surface area contributed by atoms with Crippen LogP contribution in [0.4, 0.5) is 4.79 Å². The topological polar surface area (TPSA) is 66.8 Å². The van der Waals surface area contributed by atoms with Gasteiger partial charge in [0.15, 0.2) is 0 Å². The Morgan fingerprint density at radius 3 is 2.38 bits per heavy atom. The third-order valence-electron chi connectivity index (χ3n) is 0.317. The molecule has 8 heavy (non-hydrogen) atoms. The Bertz CT molecular complexity index is 68.8. The fraction of sp³-hybridized carbons (Fsp3) is 0.667. The Balaban J connectivity index is -0.000000180. The van der Waals surface area contributed by atoms with Gasteiger partial charge >= 0.3 is 35.7 Å². The molecule has 0 aromatic heterocycles. The Morgan fingerprint density at radius 1 is 1.75 bits per heavy atom. The second-order valence-corrected chi connectivity index (χ2v) is 0.838. The van der Waals surface area contributed by atoms with E-state index in [1.54, 1.807) is 0 Å². The third kappa shape index (κ3) is 9.52. The van der Waals surface area contributed by atoms with Gasteiger partial charge in [-0.3, -0.25) is 0 Å². The summed E-state index contributed by atoms with van der Waals surface area (Å²) in [6.07, 6.45) is -1.35. The molecule has 0 aliphatic heterocycles. The van der Waals surface area contributed by atoms with Crippen molar-refractivity contribution >= 4 is 6.16 Å². The van der Waals surface area contributed by atoms with Crippen LogP contribution in [0.1, 0.15) is 1.43 Å². The summed E-state index contributed by atoms with van der Waals surface area (Å²) < 4.78 is 3.86. The molecule has 0 aliphatic rings. The zero-order valence-corrected chi connectivity index (χ0v) is 6.63. The van der Waals surface area contributed by atoms with Crippen LogP contribution in [0.2, 0.25) is 0 Å². The number of carbonyl (C=O) groups is 1. The summed E-state index contributed by atoms with van der Waals surface area (Å²) >= 11 is 0. The number of rotatable bonds is 2. The molecule has 0 spiro atoms. The minimum atomic E-state index is -1.35. The second kappa shape index (κ2) is 7.23. The molecule has 2 N–H and O–H groups in total. The summed E-state index contributed by atoms with van der Waals surface area (Å²) in [6.45, 7) is -0.401. The molecule has 0 saturated carbocycles. The van der Waals surface area contributed by atoms with E-state index in [-0.39, 0.29) is 44.2 Å². The van der Waals surface area contributed by atoms with E-state index in [9.17, 15) is 4.79 Å². The predicted molar refractivity (Wildman–Crippen MR) is 22.2 cm³/mol. The van der Waals surface area contributed by atoms with Gasteiger partial charge in [-0.15, -0.1) is 0 Å². The maximum atomic E-state index is 9.42. The van der Waals surface area contributed by atoms with Crippen LogP contribution in [0.25, 0.3) is 0 Å². The van der Waals surface area contributed by atoms with Crippen molar-refractivity contribution in [3.05, 3.63) is 0 Å². The SMILES string of the molecule is O=C(O)OCCO.[H-].[Na+]. The van der Waals surface area contributed by atoms with Crippen LogP contribution in [-0.4, -0.2) is 29.6 Å². The van der Waals surface area contributed by atoms with Gasteiger partial charge in [0.1, 0.15) is 6.61 Å². The van der Waals surface area contributed by atoms with Gasteiger partial charge in [0.25, 0.3) is 0 Å². The van der Waals surface area contributed by atoms with E-state index in [1.165, 1.54) is 0 Å². The zero-order valence-electron chi connectivity index (χ0n) is 5.63. The molecule has 0 aromatic rings. The quantitative estimate of drug-likeness (QED) is 0.305. The molecule has 0 aromatic carbocycles. The molecule has 0 bridgehead atoms. The van der Waals surface area contributed by atoms with E-state index >= 15 is 0 Å². The minimum absolute atomic E-state index is 0. The van der Waals surface area contributed by atoms with Gasteiger partial charge < -0.3 is 16.4 Å². The van der Waals surface area contributed by atoms with Gasteiger partial charge in [-0.2, -0.15) is 0 Å². The molecule has 5 heteroatoms. The third-order valence-corrected chi connectivity index (χ3v) is 0.317. The van der Waals surface area contributed by atoms with Gasteiger partial charge in [-0.05, 0) is 0 Å². The summed E-state index contributed by atoms with van der Waals surface area (Å²) in [5.41, 5.74) is 0. The average Bonchev–Trinajstić information content (AvgIpc) is 1.61. The van der Waals surface area contributed by atoms with Crippen molar-refractivity contribution in [3.63, 3.8) is 0 Å². The van der Waals surface area contributed by atoms with Gasteiger partial charge in [0.05, 0.1) is 6.61 Å². The molecular weight excluding hydrogens is 123 g/mol. The van der Waals surface area contributed by atoms with Gasteiger partial charge in [-0.25, -0.2) is 4.79 Å². The van der Waals surface area contributed by atoms with Crippen LogP contribution < -0.4 is 29.6 Å². The second-order valence-electron chi connectivity index (χ2n) is 0.838. The molecule has 0 saturated heterocycles. The van der Waals surface area contributed by atoms with E-state index < -0.39 is 6.16 Å². The van der Waals surface area contributed by atoms with E-state index in [2.05, 4.69) is 4.74 Å². The first kappa shape index (κ1) is 11.1. The molecule has 0 radical (unpaired) electrons. The van der Waals surface area contributed by atoms with Crippen molar-refractivity contribution < 1.29 is 50.7 Å². The van der Waals surface area contributed by atoms with Crippen LogP contribution in [-0.2, 0) is 4.74 Å². The molecular formula is C3H7NaO4. The van der Waals surface area contributed by atoms with Crippen LogP contribution in [0.5, 0.6) is 0 Å². The first-order chi connectivity index (χ1) is 3.27. The van der Waals surface area contributed by atoms with Crippen LogP contribution in [0.15, 0.2) is 0 Å². The van der Waals surface area contributed by atoms with E-state index in [0.717, 1.165) is 0 Å². The number of hydrogen-bond donors (Lipinski definition) is 2. The summed E-state index contributed by atoms with van der Waals surface area (Å²) in [5, 5.41) is 15.6. The maximum Gasteiger partial charge on any atom is 1.00 e. The first-order valence-electron chi connectivity index (χ1n) is 1.74. The predicted octanol–water partition coefficient (Wildman–Crippen LogP) is -3.21. The van der Waals surface area contributed by atoms with E-state index in [1.807, 2.05) is 0 Å². The van der Waals surface area contributed by atoms with Crippen molar-refractivity contribution in [1.29, 1.82) is 0 Å².